The van der Waals surface area contributed by atoms with Crippen LogP contribution in [0.5, 0.6) is 5.88 Å². The molecule has 4 rings (SSSR count). The van der Waals surface area contributed by atoms with Crippen LogP contribution in [-0.2, 0) is 4.79 Å². The van der Waals surface area contributed by atoms with E-state index in [1.807, 2.05) is 13.0 Å². The number of H-pyrrole nitrogens is 1. The van der Waals surface area contributed by atoms with E-state index in [0.29, 0.717) is 38.9 Å². The molecule has 32 heavy (non-hydrogen) atoms. The maximum atomic E-state index is 14.9. The lowest BCUT2D eigenvalue weighted by atomic mass is 9.95. The summed E-state index contributed by atoms with van der Waals surface area (Å²) in [6.45, 7) is 4.96. The summed E-state index contributed by atoms with van der Waals surface area (Å²) in [5.41, 5.74) is 2.84. The molecule has 4 aromatic rings. The van der Waals surface area contributed by atoms with E-state index >= 15 is 0 Å². The van der Waals surface area contributed by atoms with Gasteiger partial charge in [0.15, 0.2) is 0 Å². The van der Waals surface area contributed by atoms with Gasteiger partial charge in [-0.05, 0) is 62.7 Å². The highest BCUT2D eigenvalue weighted by molar-refractivity contribution is 6.31. The van der Waals surface area contributed by atoms with Gasteiger partial charge in [0.1, 0.15) is 18.2 Å². The lowest BCUT2D eigenvalue weighted by Gasteiger charge is -2.19. The number of ether oxygens (including phenoxy) is 1. The number of aryl methyl sites for hydroxylation is 1. The number of carbonyl (C=O) groups is 1. The van der Waals surface area contributed by atoms with Crippen molar-refractivity contribution in [3.05, 3.63) is 65.1 Å². The minimum Gasteiger partial charge on any atom is -0.481 e. The molecule has 0 aliphatic heterocycles. The Kier molecular flexibility index (Phi) is 5.60. The van der Waals surface area contributed by atoms with Gasteiger partial charge in [0, 0.05) is 22.3 Å². The minimum atomic E-state index is -1.03. The monoisotopic (exact) mass is 453 g/mol. The molecule has 0 aliphatic carbocycles. The predicted octanol–water partition coefficient (Wildman–Crippen LogP) is 5.88. The first-order valence-electron chi connectivity index (χ1n) is 9.92. The number of rotatable bonds is 6. The Bertz CT molecular complexity index is 1330. The van der Waals surface area contributed by atoms with Crippen LogP contribution >= 0.6 is 11.6 Å². The SMILES string of the molecule is Cc1cc(-c2ccc(-c3nc4cc(Cl)ccc4[nH]3)c(F)c2)cnc1OCC(C)(C)C(=O)O. The third-order valence-corrected chi connectivity index (χ3v) is 5.42. The van der Waals surface area contributed by atoms with Gasteiger partial charge in [0.25, 0.3) is 0 Å². The molecule has 0 aliphatic rings. The number of hydrogen-bond acceptors (Lipinski definition) is 4. The topological polar surface area (TPSA) is 88.1 Å². The summed E-state index contributed by atoms with van der Waals surface area (Å²) in [6, 6.07) is 12.0. The van der Waals surface area contributed by atoms with Crippen LogP contribution in [0.4, 0.5) is 4.39 Å². The summed E-state index contributed by atoms with van der Waals surface area (Å²) in [6.07, 6.45) is 1.58. The van der Waals surface area contributed by atoms with E-state index in [1.54, 1.807) is 50.4 Å². The molecule has 0 spiro atoms. The number of hydrogen-bond donors (Lipinski definition) is 2. The summed E-state index contributed by atoms with van der Waals surface area (Å²) in [5, 5.41) is 9.78. The molecule has 0 amide bonds. The summed E-state index contributed by atoms with van der Waals surface area (Å²) in [4.78, 5) is 23.1. The van der Waals surface area contributed by atoms with E-state index in [0.717, 1.165) is 11.1 Å². The molecule has 0 bridgehead atoms. The second kappa shape index (κ2) is 8.24. The van der Waals surface area contributed by atoms with Crippen molar-refractivity contribution in [3.63, 3.8) is 0 Å². The molecule has 0 radical (unpaired) electrons. The molecular formula is C24H21ClFN3O3. The minimum absolute atomic E-state index is 0.0123. The Morgan fingerprint density at radius 1 is 1.19 bits per heavy atom. The highest BCUT2D eigenvalue weighted by atomic mass is 35.5. The summed E-state index contributed by atoms with van der Waals surface area (Å²) < 4.78 is 20.6. The standard InChI is InChI=1S/C24H21ClFN3O3/c1-13-8-15(11-27-22(13)32-12-24(2,3)23(30)31)14-4-6-17(18(26)9-14)21-28-19-7-5-16(25)10-20(19)29-21/h4-11H,12H2,1-3H3,(H,28,29)(H,30,31). The molecule has 2 heterocycles. The predicted molar refractivity (Wildman–Crippen MR) is 121 cm³/mol. The molecule has 2 aromatic heterocycles. The Hall–Kier alpha value is -3.45. The fourth-order valence-electron chi connectivity index (χ4n) is 3.17. The van der Waals surface area contributed by atoms with Crippen LogP contribution in [0.1, 0.15) is 19.4 Å². The Balaban J connectivity index is 1.58. The van der Waals surface area contributed by atoms with Gasteiger partial charge in [-0.3, -0.25) is 4.79 Å². The highest BCUT2D eigenvalue weighted by Crippen LogP contribution is 2.30. The van der Waals surface area contributed by atoms with E-state index in [2.05, 4.69) is 15.0 Å². The van der Waals surface area contributed by atoms with Crippen molar-refractivity contribution in [3.8, 4) is 28.4 Å². The first-order chi connectivity index (χ1) is 15.1. The first-order valence-corrected chi connectivity index (χ1v) is 10.3. The molecule has 0 unspecified atom stereocenters. The van der Waals surface area contributed by atoms with Crippen molar-refractivity contribution in [1.82, 2.24) is 15.0 Å². The zero-order valence-corrected chi connectivity index (χ0v) is 18.5. The Morgan fingerprint density at radius 2 is 1.97 bits per heavy atom. The second-order valence-electron chi connectivity index (χ2n) is 8.27. The van der Waals surface area contributed by atoms with E-state index in [-0.39, 0.29) is 6.61 Å². The third-order valence-electron chi connectivity index (χ3n) is 5.18. The van der Waals surface area contributed by atoms with Gasteiger partial charge >= 0.3 is 5.97 Å². The maximum Gasteiger partial charge on any atom is 0.312 e. The quantitative estimate of drug-likeness (QED) is 0.380. The zero-order valence-electron chi connectivity index (χ0n) is 17.7. The van der Waals surface area contributed by atoms with Crippen molar-refractivity contribution in [2.24, 2.45) is 5.41 Å². The molecule has 0 fully saturated rings. The van der Waals surface area contributed by atoms with Crippen LogP contribution in [0.25, 0.3) is 33.5 Å². The number of nitrogens with zero attached hydrogens (tertiary/aromatic N) is 2. The summed E-state index contributed by atoms with van der Waals surface area (Å²) >= 11 is 6.00. The number of pyridine rings is 1. The first kappa shape index (κ1) is 21.8. The zero-order chi connectivity index (χ0) is 23.0. The van der Waals surface area contributed by atoms with E-state index in [9.17, 15) is 14.3 Å². The summed E-state index contributed by atoms with van der Waals surface area (Å²) in [5.74, 6) is -0.602. The van der Waals surface area contributed by atoms with Gasteiger partial charge in [-0.1, -0.05) is 17.7 Å². The Labute approximate surface area is 189 Å². The van der Waals surface area contributed by atoms with Gasteiger partial charge in [-0.2, -0.15) is 0 Å². The maximum absolute atomic E-state index is 14.9. The fraction of sp³-hybridized carbons (Fsp3) is 0.208. The molecule has 2 N–H and O–H groups in total. The van der Waals surface area contributed by atoms with Crippen LogP contribution in [0.2, 0.25) is 5.02 Å². The van der Waals surface area contributed by atoms with Crippen LogP contribution in [0.15, 0.2) is 48.7 Å². The fourth-order valence-corrected chi connectivity index (χ4v) is 3.34. The average molecular weight is 454 g/mol. The molecule has 2 aromatic carbocycles. The van der Waals surface area contributed by atoms with Crippen molar-refractivity contribution >= 4 is 28.6 Å². The number of aromatic nitrogens is 3. The van der Waals surface area contributed by atoms with Gasteiger partial charge < -0.3 is 14.8 Å². The van der Waals surface area contributed by atoms with Crippen molar-refractivity contribution in [2.75, 3.05) is 6.61 Å². The number of carboxylic acid groups (broad SMARTS) is 1. The average Bonchev–Trinajstić information content (AvgIpc) is 3.15. The van der Waals surface area contributed by atoms with Gasteiger partial charge in [0.2, 0.25) is 5.88 Å². The highest BCUT2D eigenvalue weighted by Gasteiger charge is 2.28. The lowest BCUT2D eigenvalue weighted by molar-refractivity contribution is -0.148. The van der Waals surface area contributed by atoms with E-state index < -0.39 is 17.2 Å². The van der Waals surface area contributed by atoms with Gasteiger partial charge in [0.05, 0.1) is 22.0 Å². The molecule has 0 saturated heterocycles. The molecular weight excluding hydrogens is 433 g/mol. The van der Waals surface area contributed by atoms with Crippen molar-refractivity contribution in [1.29, 1.82) is 0 Å². The second-order valence-corrected chi connectivity index (χ2v) is 8.70. The number of aliphatic carboxylic acids is 1. The molecule has 8 heteroatoms. The number of benzene rings is 2. The third kappa shape index (κ3) is 4.29. The molecule has 6 nitrogen and oxygen atoms in total. The smallest absolute Gasteiger partial charge is 0.312 e. The van der Waals surface area contributed by atoms with Gasteiger partial charge in [-0.25, -0.2) is 14.4 Å². The number of halogens is 2. The lowest BCUT2D eigenvalue weighted by Crippen LogP contribution is -2.31. The number of nitrogens with one attached hydrogen (secondary N) is 1. The Morgan fingerprint density at radius 3 is 2.66 bits per heavy atom. The van der Waals surface area contributed by atoms with E-state index in [4.69, 9.17) is 16.3 Å². The number of imidazole rings is 1. The molecule has 0 saturated carbocycles. The van der Waals surface area contributed by atoms with Crippen molar-refractivity contribution < 1.29 is 19.0 Å². The number of carboxylic acids is 1. The largest absolute Gasteiger partial charge is 0.481 e. The van der Waals surface area contributed by atoms with Crippen LogP contribution < -0.4 is 4.74 Å². The molecule has 0 atom stereocenters. The molecule has 164 valence electrons. The van der Waals surface area contributed by atoms with Crippen LogP contribution in [0.3, 0.4) is 0 Å². The normalized spacial score (nSPS) is 11.7. The van der Waals surface area contributed by atoms with Crippen molar-refractivity contribution in [2.45, 2.75) is 20.8 Å². The van der Waals surface area contributed by atoms with Crippen LogP contribution in [0, 0.1) is 18.2 Å². The number of aromatic amines is 1. The number of fused-ring (bicyclic) bond motifs is 1. The van der Waals surface area contributed by atoms with E-state index in [1.165, 1.54) is 6.07 Å². The van der Waals surface area contributed by atoms with Crippen LogP contribution in [-0.4, -0.2) is 32.6 Å². The summed E-state index contributed by atoms with van der Waals surface area (Å²) in [7, 11) is 0. The van der Waals surface area contributed by atoms with Gasteiger partial charge in [-0.15, -0.1) is 0 Å².